The zero-order valence-electron chi connectivity index (χ0n) is 9.80. The normalized spacial score (nSPS) is 11.5. The summed E-state index contributed by atoms with van der Waals surface area (Å²) in [5, 5.41) is 0. The molecular weight excluding hydrogens is 240 g/mol. The van der Waals surface area contributed by atoms with Crippen molar-refractivity contribution in [3.8, 4) is 0 Å². The van der Waals surface area contributed by atoms with Crippen LogP contribution in [0.25, 0.3) is 0 Å². The molecule has 0 heterocycles. The molecule has 0 saturated heterocycles. The van der Waals surface area contributed by atoms with Crippen LogP contribution in [0.4, 0.5) is 0 Å². The van der Waals surface area contributed by atoms with Gasteiger partial charge in [0.05, 0.1) is 5.75 Å². The lowest BCUT2D eigenvalue weighted by molar-refractivity contribution is 0.0945. The van der Waals surface area contributed by atoms with Crippen LogP contribution in [0.1, 0.15) is 24.2 Å². The minimum absolute atomic E-state index is 0.00104. The number of hydrogen-bond donors (Lipinski definition) is 2. The Labute approximate surface area is 101 Å². The number of benzene rings is 1. The molecule has 0 aliphatic rings. The van der Waals surface area contributed by atoms with Crippen LogP contribution in [0, 0.1) is 5.92 Å². The third kappa shape index (κ3) is 4.97. The predicted octanol–water partition coefficient (Wildman–Crippen LogP) is 0.907. The van der Waals surface area contributed by atoms with Crippen LogP contribution in [0.2, 0.25) is 0 Å². The summed E-state index contributed by atoms with van der Waals surface area (Å²) in [5.74, 6) is -0.499. The number of amides is 1. The molecule has 94 valence electrons. The fraction of sp³-hybridized carbons (Fsp3) is 0.364. The number of nitrogens with one attached hydrogen (secondary N) is 2. The van der Waals surface area contributed by atoms with Gasteiger partial charge < -0.3 is 0 Å². The summed E-state index contributed by atoms with van der Waals surface area (Å²) in [5.41, 5.74) is 2.57. The fourth-order valence-corrected chi connectivity index (χ4v) is 2.48. The van der Waals surface area contributed by atoms with Crippen molar-refractivity contribution in [1.82, 2.24) is 10.3 Å². The minimum atomic E-state index is -3.47. The second-order valence-corrected chi connectivity index (χ2v) is 5.86. The maximum atomic E-state index is 11.5. The van der Waals surface area contributed by atoms with Gasteiger partial charge in [-0.15, -0.1) is 4.83 Å². The molecule has 0 atom stereocenters. The topological polar surface area (TPSA) is 75.3 Å². The smallest absolute Gasteiger partial charge is 0.266 e. The molecule has 0 bridgehead atoms. The largest absolute Gasteiger partial charge is 0.274 e. The Balaban J connectivity index is 2.55. The van der Waals surface area contributed by atoms with Gasteiger partial charge in [-0.05, 0) is 18.1 Å². The van der Waals surface area contributed by atoms with E-state index in [0.29, 0.717) is 5.56 Å². The number of sulfonamides is 1. The zero-order chi connectivity index (χ0) is 12.9. The van der Waals surface area contributed by atoms with Crippen LogP contribution < -0.4 is 10.3 Å². The summed E-state index contributed by atoms with van der Waals surface area (Å²) in [4.78, 5) is 13.6. The summed E-state index contributed by atoms with van der Waals surface area (Å²) in [7, 11) is -3.47. The quantitative estimate of drug-likeness (QED) is 0.769. The number of hydrogen-bond acceptors (Lipinski definition) is 3. The lowest BCUT2D eigenvalue weighted by atomic mass is 10.2. The van der Waals surface area contributed by atoms with E-state index in [4.69, 9.17) is 0 Å². The van der Waals surface area contributed by atoms with Crippen molar-refractivity contribution < 1.29 is 13.2 Å². The Morgan fingerprint density at radius 1 is 1.24 bits per heavy atom. The van der Waals surface area contributed by atoms with Crippen LogP contribution in [0.15, 0.2) is 30.3 Å². The highest BCUT2D eigenvalue weighted by Gasteiger charge is 2.14. The van der Waals surface area contributed by atoms with Gasteiger partial charge in [0.2, 0.25) is 10.0 Å². The number of hydrazine groups is 1. The molecule has 1 aromatic carbocycles. The molecule has 0 saturated carbocycles. The van der Waals surface area contributed by atoms with Crippen LogP contribution in [-0.2, 0) is 10.0 Å². The van der Waals surface area contributed by atoms with Gasteiger partial charge >= 0.3 is 0 Å². The maximum Gasteiger partial charge on any atom is 0.266 e. The van der Waals surface area contributed by atoms with Gasteiger partial charge in [-0.1, -0.05) is 32.0 Å². The Bertz CT molecular complexity index is 469. The van der Waals surface area contributed by atoms with Gasteiger partial charge in [0.1, 0.15) is 0 Å². The maximum absolute atomic E-state index is 11.5. The fourth-order valence-electron chi connectivity index (χ4n) is 1.27. The molecular formula is C11H16N2O3S. The van der Waals surface area contributed by atoms with E-state index >= 15 is 0 Å². The first-order valence-corrected chi connectivity index (χ1v) is 6.91. The van der Waals surface area contributed by atoms with Crippen LogP contribution in [0.3, 0.4) is 0 Å². The first kappa shape index (κ1) is 13.7. The molecule has 0 spiro atoms. The molecule has 5 nitrogen and oxygen atoms in total. The van der Waals surface area contributed by atoms with Crippen molar-refractivity contribution in [3.63, 3.8) is 0 Å². The second kappa shape index (κ2) is 5.79. The van der Waals surface area contributed by atoms with Crippen molar-refractivity contribution in [1.29, 1.82) is 0 Å². The van der Waals surface area contributed by atoms with E-state index in [2.05, 4.69) is 10.3 Å². The monoisotopic (exact) mass is 256 g/mol. The molecule has 0 unspecified atom stereocenters. The Morgan fingerprint density at radius 2 is 1.82 bits per heavy atom. The summed E-state index contributed by atoms with van der Waals surface area (Å²) >= 11 is 0. The summed E-state index contributed by atoms with van der Waals surface area (Å²) in [6, 6.07) is 8.40. The molecule has 1 amide bonds. The molecule has 1 rings (SSSR count). The third-order valence-electron chi connectivity index (χ3n) is 1.91. The van der Waals surface area contributed by atoms with Gasteiger partial charge in [0.15, 0.2) is 0 Å². The van der Waals surface area contributed by atoms with Crippen LogP contribution in [-0.4, -0.2) is 20.1 Å². The van der Waals surface area contributed by atoms with Crippen molar-refractivity contribution in [3.05, 3.63) is 35.9 Å². The third-order valence-corrected chi connectivity index (χ3v) is 3.43. The van der Waals surface area contributed by atoms with E-state index in [-0.39, 0.29) is 11.7 Å². The lowest BCUT2D eigenvalue weighted by Crippen LogP contribution is -2.43. The second-order valence-electron chi connectivity index (χ2n) is 4.10. The SMILES string of the molecule is CC(C)CS(=O)(=O)NNC(=O)c1ccccc1. The predicted molar refractivity (Wildman–Crippen MR) is 65.7 cm³/mol. The lowest BCUT2D eigenvalue weighted by Gasteiger charge is -2.09. The van der Waals surface area contributed by atoms with Gasteiger partial charge in [0.25, 0.3) is 5.91 Å². The molecule has 2 N–H and O–H groups in total. The molecule has 1 aromatic rings. The Hall–Kier alpha value is -1.40. The molecule has 0 aromatic heterocycles. The molecule has 6 heteroatoms. The van der Waals surface area contributed by atoms with Crippen LogP contribution >= 0.6 is 0 Å². The van der Waals surface area contributed by atoms with E-state index in [9.17, 15) is 13.2 Å². The molecule has 0 fully saturated rings. The Morgan fingerprint density at radius 3 is 2.35 bits per heavy atom. The number of rotatable bonds is 5. The number of carbonyl (C=O) groups excluding carboxylic acids is 1. The molecule has 0 aliphatic carbocycles. The van der Waals surface area contributed by atoms with E-state index in [1.807, 2.05) is 0 Å². The van der Waals surface area contributed by atoms with Crippen molar-refractivity contribution in [2.24, 2.45) is 5.92 Å². The minimum Gasteiger partial charge on any atom is -0.274 e. The number of carbonyl (C=O) groups is 1. The standard InChI is InChI=1S/C11H16N2O3S/c1-9(2)8-17(15,16)13-12-11(14)10-6-4-3-5-7-10/h3-7,9,13H,8H2,1-2H3,(H,12,14). The summed E-state index contributed by atoms with van der Waals surface area (Å²) in [6.45, 7) is 3.58. The molecule has 0 aliphatic heterocycles. The van der Waals surface area contributed by atoms with Crippen molar-refractivity contribution in [2.75, 3.05) is 5.75 Å². The van der Waals surface area contributed by atoms with Gasteiger partial charge in [0, 0.05) is 5.56 Å². The van der Waals surface area contributed by atoms with Gasteiger partial charge in [-0.25, -0.2) is 8.42 Å². The van der Waals surface area contributed by atoms with E-state index < -0.39 is 15.9 Å². The molecule has 0 radical (unpaired) electrons. The highest BCUT2D eigenvalue weighted by atomic mass is 32.2. The Kier molecular flexibility index (Phi) is 4.65. The van der Waals surface area contributed by atoms with E-state index in [1.165, 1.54) is 0 Å². The van der Waals surface area contributed by atoms with E-state index in [1.54, 1.807) is 44.2 Å². The van der Waals surface area contributed by atoms with Gasteiger partial charge in [-0.3, -0.25) is 10.2 Å². The highest BCUT2D eigenvalue weighted by Crippen LogP contribution is 1.99. The van der Waals surface area contributed by atoms with Crippen LogP contribution in [0.5, 0.6) is 0 Å². The van der Waals surface area contributed by atoms with Gasteiger partial charge in [-0.2, -0.15) is 0 Å². The average Bonchev–Trinajstić information content (AvgIpc) is 2.25. The van der Waals surface area contributed by atoms with E-state index in [0.717, 1.165) is 0 Å². The first-order valence-electron chi connectivity index (χ1n) is 5.25. The summed E-state index contributed by atoms with van der Waals surface area (Å²) < 4.78 is 22.9. The average molecular weight is 256 g/mol. The van der Waals surface area contributed by atoms with Crippen molar-refractivity contribution >= 4 is 15.9 Å². The highest BCUT2D eigenvalue weighted by molar-refractivity contribution is 7.89. The summed E-state index contributed by atoms with van der Waals surface area (Å²) in [6.07, 6.45) is 0. The first-order chi connectivity index (χ1) is 7.91. The van der Waals surface area contributed by atoms with Crippen molar-refractivity contribution in [2.45, 2.75) is 13.8 Å². The zero-order valence-corrected chi connectivity index (χ0v) is 10.6. The molecule has 17 heavy (non-hydrogen) atoms.